The monoisotopic (exact) mass is 325 g/mol. The minimum absolute atomic E-state index is 0.570. The summed E-state index contributed by atoms with van der Waals surface area (Å²) in [6.45, 7) is 0.570. The van der Waals surface area contributed by atoms with Crippen LogP contribution in [0.2, 0.25) is 0 Å². The minimum Gasteiger partial charge on any atom is -0.489 e. The van der Waals surface area contributed by atoms with Gasteiger partial charge in [0.2, 0.25) is 0 Å². The molecule has 0 aliphatic carbocycles. The molecule has 16 heavy (non-hydrogen) atoms. The van der Waals surface area contributed by atoms with Gasteiger partial charge in [0.1, 0.15) is 12.4 Å². The lowest BCUT2D eigenvalue weighted by Gasteiger charge is -2.06. The Hall–Kier alpha value is -1.23. The third-order valence-corrected chi connectivity index (χ3v) is 2.85. The van der Waals surface area contributed by atoms with Crippen LogP contribution in [0.3, 0.4) is 0 Å². The topological polar surface area (TPSA) is 35.2 Å². The number of anilines is 1. The van der Waals surface area contributed by atoms with Gasteiger partial charge in [0.25, 0.3) is 0 Å². The van der Waals surface area contributed by atoms with Crippen LogP contribution in [-0.2, 0) is 6.61 Å². The second kappa shape index (κ2) is 5.21. The highest BCUT2D eigenvalue weighted by Gasteiger charge is 1.96. The first-order valence-corrected chi connectivity index (χ1v) is 6.05. The lowest BCUT2D eigenvalue weighted by molar-refractivity contribution is 0.306. The normalized spacial score (nSPS) is 10.1. The van der Waals surface area contributed by atoms with Gasteiger partial charge in [0, 0.05) is 9.26 Å². The number of hydrogen-bond donors (Lipinski definition) is 1. The Bertz CT molecular complexity index is 468. The van der Waals surface area contributed by atoms with Crippen LogP contribution in [0.4, 0.5) is 5.69 Å². The highest BCUT2D eigenvalue weighted by molar-refractivity contribution is 14.1. The van der Waals surface area contributed by atoms with Crippen LogP contribution in [-0.4, -0.2) is 0 Å². The van der Waals surface area contributed by atoms with Crippen LogP contribution >= 0.6 is 22.6 Å². The summed E-state index contributed by atoms with van der Waals surface area (Å²) in [6.07, 6.45) is 0. The van der Waals surface area contributed by atoms with E-state index in [4.69, 9.17) is 10.5 Å². The maximum Gasteiger partial charge on any atom is 0.120 e. The molecule has 0 amide bonds. The summed E-state index contributed by atoms with van der Waals surface area (Å²) in [5, 5.41) is 0. The average molecular weight is 325 g/mol. The van der Waals surface area contributed by atoms with Crippen molar-refractivity contribution in [3.8, 4) is 5.75 Å². The molecule has 82 valence electrons. The van der Waals surface area contributed by atoms with Crippen LogP contribution < -0.4 is 10.5 Å². The summed E-state index contributed by atoms with van der Waals surface area (Å²) in [5.74, 6) is 0.892. The van der Waals surface area contributed by atoms with Gasteiger partial charge in [0.05, 0.1) is 0 Å². The third-order valence-electron chi connectivity index (χ3n) is 2.18. The summed E-state index contributed by atoms with van der Waals surface area (Å²) in [6, 6.07) is 15.7. The number of benzene rings is 2. The first-order chi connectivity index (χ1) is 7.74. The first kappa shape index (κ1) is 11.3. The van der Waals surface area contributed by atoms with Gasteiger partial charge < -0.3 is 10.5 Å². The van der Waals surface area contributed by atoms with Crippen LogP contribution in [0, 0.1) is 3.57 Å². The molecular weight excluding hydrogens is 313 g/mol. The van der Waals surface area contributed by atoms with E-state index in [0.717, 1.165) is 17.0 Å². The Morgan fingerprint density at radius 2 is 1.81 bits per heavy atom. The largest absolute Gasteiger partial charge is 0.489 e. The van der Waals surface area contributed by atoms with Crippen molar-refractivity contribution in [2.24, 2.45) is 0 Å². The van der Waals surface area contributed by atoms with Crippen molar-refractivity contribution in [2.75, 3.05) is 5.73 Å². The second-order valence-corrected chi connectivity index (χ2v) is 4.73. The van der Waals surface area contributed by atoms with Gasteiger partial charge in [-0.2, -0.15) is 0 Å². The zero-order chi connectivity index (χ0) is 11.4. The molecule has 0 aliphatic rings. The Balaban J connectivity index is 1.99. The molecule has 0 saturated carbocycles. The molecule has 0 bridgehead atoms. The standard InChI is InChI=1S/C13H12INO/c14-11-2-1-3-13(8-11)16-9-10-4-6-12(15)7-5-10/h1-8H,9,15H2. The molecule has 3 heteroatoms. The van der Waals surface area contributed by atoms with Crippen molar-refractivity contribution in [3.05, 3.63) is 57.7 Å². The molecule has 2 nitrogen and oxygen atoms in total. The van der Waals surface area contributed by atoms with Crippen molar-refractivity contribution in [2.45, 2.75) is 6.61 Å². The van der Waals surface area contributed by atoms with E-state index >= 15 is 0 Å². The van der Waals surface area contributed by atoms with E-state index in [1.807, 2.05) is 48.5 Å². The summed E-state index contributed by atoms with van der Waals surface area (Å²) in [7, 11) is 0. The zero-order valence-electron chi connectivity index (χ0n) is 8.69. The third kappa shape index (κ3) is 3.13. The van der Waals surface area contributed by atoms with Gasteiger partial charge in [0.15, 0.2) is 0 Å². The van der Waals surface area contributed by atoms with Crippen LogP contribution in [0.1, 0.15) is 5.56 Å². The lowest BCUT2D eigenvalue weighted by atomic mass is 10.2. The van der Waals surface area contributed by atoms with Crippen LogP contribution in [0.15, 0.2) is 48.5 Å². The minimum atomic E-state index is 0.570. The molecule has 0 atom stereocenters. The molecule has 0 heterocycles. The molecule has 2 aromatic rings. The number of halogens is 1. The van der Waals surface area contributed by atoms with Gasteiger partial charge in [-0.3, -0.25) is 0 Å². The predicted molar refractivity (Wildman–Crippen MR) is 74.3 cm³/mol. The molecular formula is C13H12INO. The quantitative estimate of drug-likeness (QED) is 0.693. The van der Waals surface area contributed by atoms with Crippen molar-refractivity contribution in [3.63, 3.8) is 0 Å². The van der Waals surface area contributed by atoms with Gasteiger partial charge >= 0.3 is 0 Å². The van der Waals surface area contributed by atoms with Gasteiger partial charge in [-0.1, -0.05) is 18.2 Å². The molecule has 0 saturated heterocycles. The van der Waals surface area contributed by atoms with Crippen molar-refractivity contribution >= 4 is 28.3 Å². The molecule has 0 spiro atoms. The highest BCUT2D eigenvalue weighted by Crippen LogP contribution is 2.16. The van der Waals surface area contributed by atoms with Gasteiger partial charge in [-0.15, -0.1) is 0 Å². The fraction of sp³-hybridized carbons (Fsp3) is 0.0769. The smallest absolute Gasteiger partial charge is 0.120 e. The van der Waals surface area contributed by atoms with Crippen LogP contribution in [0.25, 0.3) is 0 Å². The molecule has 2 N–H and O–H groups in total. The fourth-order valence-corrected chi connectivity index (χ4v) is 1.85. The summed E-state index contributed by atoms with van der Waals surface area (Å²) >= 11 is 2.27. The lowest BCUT2D eigenvalue weighted by Crippen LogP contribution is -1.95. The maximum atomic E-state index is 5.67. The van der Waals surface area contributed by atoms with Gasteiger partial charge in [-0.25, -0.2) is 0 Å². The van der Waals surface area contributed by atoms with E-state index in [9.17, 15) is 0 Å². The molecule has 2 rings (SSSR count). The number of rotatable bonds is 3. The first-order valence-electron chi connectivity index (χ1n) is 4.97. The molecule has 0 aliphatic heterocycles. The molecule has 2 aromatic carbocycles. The number of nitrogens with two attached hydrogens (primary N) is 1. The van der Waals surface area contributed by atoms with Gasteiger partial charge in [-0.05, 0) is 58.5 Å². The van der Waals surface area contributed by atoms with E-state index in [1.165, 1.54) is 3.57 Å². The highest BCUT2D eigenvalue weighted by atomic mass is 127. The molecule has 0 radical (unpaired) electrons. The van der Waals surface area contributed by atoms with Crippen molar-refractivity contribution < 1.29 is 4.74 Å². The van der Waals surface area contributed by atoms with E-state index in [2.05, 4.69) is 22.6 Å². The van der Waals surface area contributed by atoms with E-state index in [1.54, 1.807) is 0 Å². The number of hydrogen-bond acceptors (Lipinski definition) is 2. The van der Waals surface area contributed by atoms with Crippen LogP contribution in [0.5, 0.6) is 5.75 Å². The Morgan fingerprint density at radius 3 is 2.50 bits per heavy atom. The van der Waals surface area contributed by atoms with Crippen molar-refractivity contribution in [1.29, 1.82) is 0 Å². The second-order valence-electron chi connectivity index (χ2n) is 3.49. The van der Waals surface area contributed by atoms with E-state index in [-0.39, 0.29) is 0 Å². The maximum absolute atomic E-state index is 5.67. The summed E-state index contributed by atoms with van der Waals surface area (Å²) in [4.78, 5) is 0. The summed E-state index contributed by atoms with van der Waals surface area (Å²) < 4.78 is 6.84. The zero-order valence-corrected chi connectivity index (χ0v) is 10.8. The summed E-state index contributed by atoms with van der Waals surface area (Å²) in [5.41, 5.74) is 7.51. The Morgan fingerprint density at radius 1 is 1.06 bits per heavy atom. The SMILES string of the molecule is Nc1ccc(COc2cccc(I)c2)cc1. The fourth-order valence-electron chi connectivity index (χ4n) is 1.34. The number of nitrogen functional groups attached to an aromatic ring is 1. The molecule has 0 unspecified atom stereocenters. The predicted octanol–water partition coefficient (Wildman–Crippen LogP) is 3.45. The Labute approximate surface area is 109 Å². The van der Waals surface area contributed by atoms with E-state index < -0.39 is 0 Å². The van der Waals surface area contributed by atoms with Crippen molar-refractivity contribution in [1.82, 2.24) is 0 Å². The Kier molecular flexibility index (Phi) is 3.66. The van der Waals surface area contributed by atoms with E-state index in [0.29, 0.717) is 6.61 Å². The number of ether oxygens (including phenoxy) is 1. The average Bonchev–Trinajstić information content (AvgIpc) is 2.28. The molecule has 0 aromatic heterocycles. The molecule has 0 fully saturated rings.